The van der Waals surface area contributed by atoms with Crippen LogP contribution >= 0.6 is 11.3 Å². The first-order valence-electron chi connectivity index (χ1n) is 7.49. The molecule has 1 fully saturated rings. The maximum Gasteiger partial charge on any atom is 0.492 e. The molecule has 9 heteroatoms. The SMILES string of the molecule is CC(=O)NCC(=Cc1csc(C(=O)[O-])n1)B1OC(C)(C)C(C)(C)O1. The zero-order chi connectivity index (χ0) is 18.1. The van der Waals surface area contributed by atoms with E-state index in [9.17, 15) is 14.7 Å². The van der Waals surface area contributed by atoms with Crippen molar-refractivity contribution in [2.45, 2.75) is 45.8 Å². The Bertz CT molecular complexity index is 667. The number of hydrogen-bond donors (Lipinski definition) is 1. The van der Waals surface area contributed by atoms with E-state index in [-0.39, 0.29) is 17.5 Å². The summed E-state index contributed by atoms with van der Waals surface area (Å²) in [5, 5.41) is 15.1. The van der Waals surface area contributed by atoms with Gasteiger partial charge in [-0.25, -0.2) is 4.98 Å². The van der Waals surface area contributed by atoms with Gasteiger partial charge in [0.15, 0.2) is 0 Å². The topological polar surface area (TPSA) is 101 Å². The molecular formula is C15H20BN2O5S-. The van der Waals surface area contributed by atoms with E-state index in [1.165, 1.54) is 6.92 Å². The molecule has 1 aromatic rings. The van der Waals surface area contributed by atoms with Gasteiger partial charge in [0.25, 0.3) is 0 Å². The predicted octanol–water partition coefficient (Wildman–Crippen LogP) is 0.657. The van der Waals surface area contributed by atoms with Crippen LogP contribution in [0.2, 0.25) is 0 Å². The van der Waals surface area contributed by atoms with Gasteiger partial charge in [0, 0.05) is 18.8 Å². The van der Waals surface area contributed by atoms with Crippen LogP contribution in [0.4, 0.5) is 0 Å². The summed E-state index contributed by atoms with van der Waals surface area (Å²) in [6.07, 6.45) is 1.67. The van der Waals surface area contributed by atoms with E-state index in [0.29, 0.717) is 11.2 Å². The maximum atomic E-state index is 11.2. The third-order valence-corrected chi connectivity index (χ3v) is 4.97. The van der Waals surface area contributed by atoms with Gasteiger partial charge in [-0.1, -0.05) is 0 Å². The van der Waals surface area contributed by atoms with Crippen molar-refractivity contribution < 1.29 is 24.0 Å². The molecule has 1 aliphatic rings. The Labute approximate surface area is 145 Å². The lowest BCUT2D eigenvalue weighted by molar-refractivity contribution is -0.255. The molecule has 1 N–H and O–H groups in total. The van der Waals surface area contributed by atoms with E-state index in [1.54, 1.807) is 11.5 Å². The quantitative estimate of drug-likeness (QED) is 0.782. The van der Waals surface area contributed by atoms with E-state index in [4.69, 9.17) is 9.31 Å². The number of carboxylic acid groups (broad SMARTS) is 1. The molecule has 2 rings (SSSR count). The zero-order valence-corrected chi connectivity index (χ0v) is 15.2. The van der Waals surface area contributed by atoms with Crippen LogP contribution in [0.3, 0.4) is 0 Å². The maximum absolute atomic E-state index is 11.2. The first-order valence-corrected chi connectivity index (χ1v) is 8.37. The number of thiazole rings is 1. The van der Waals surface area contributed by atoms with Gasteiger partial charge in [-0.15, -0.1) is 11.3 Å². The van der Waals surface area contributed by atoms with Gasteiger partial charge in [-0.05, 0) is 39.2 Å². The first-order chi connectivity index (χ1) is 11.0. The minimum atomic E-state index is -1.32. The van der Waals surface area contributed by atoms with E-state index in [1.807, 2.05) is 27.7 Å². The fourth-order valence-electron chi connectivity index (χ4n) is 2.06. The Balaban J connectivity index is 2.29. The van der Waals surface area contributed by atoms with Crippen molar-refractivity contribution in [3.05, 3.63) is 21.6 Å². The van der Waals surface area contributed by atoms with Crippen LogP contribution in [0.15, 0.2) is 10.9 Å². The molecule has 0 radical (unpaired) electrons. The molecule has 1 saturated heterocycles. The highest BCUT2D eigenvalue weighted by Crippen LogP contribution is 2.38. The van der Waals surface area contributed by atoms with Crippen molar-refractivity contribution in [2.75, 3.05) is 6.54 Å². The van der Waals surface area contributed by atoms with Gasteiger partial charge in [0.1, 0.15) is 11.0 Å². The fraction of sp³-hybridized carbons (Fsp3) is 0.533. The molecule has 7 nitrogen and oxygen atoms in total. The second-order valence-electron chi connectivity index (χ2n) is 6.58. The first kappa shape index (κ1) is 18.6. The van der Waals surface area contributed by atoms with Crippen LogP contribution in [-0.2, 0) is 14.1 Å². The second-order valence-corrected chi connectivity index (χ2v) is 7.44. The molecule has 1 aliphatic heterocycles. The van der Waals surface area contributed by atoms with Crippen LogP contribution in [0, 0.1) is 0 Å². The highest BCUT2D eigenvalue weighted by atomic mass is 32.1. The van der Waals surface area contributed by atoms with Crippen LogP contribution < -0.4 is 10.4 Å². The highest BCUT2D eigenvalue weighted by molar-refractivity contribution is 7.11. The lowest BCUT2D eigenvalue weighted by atomic mass is 9.77. The Morgan fingerprint density at radius 3 is 2.38 bits per heavy atom. The number of carboxylic acids is 1. The van der Waals surface area contributed by atoms with Crippen LogP contribution in [0.1, 0.15) is 50.1 Å². The molecule has 0 aliphatic carbocycles. The summed E-state index contributed by atoms with van der Waals surface area (Å²) in [5.41, 5.74) is 0.0597. The van der Waals surface area contributed by atoms with Gasteiger partial charge in [0.2, 0.25) is 5.91 Å². The molecule has 0 aromatic carbocycles. The van der Waals surface area contributed by atoms with Gasteiger partial charge in [-0.2, -0.15) is 0 Å². The molecule has 24 heavy (non-hydrogen) atoms. The molecule has 1 amide bonds. The number of rotatable bonds is 5. The number of carbonyl (C=O) groups excluding carboxylic acids is 2. The minimum Gasteiger partial charge on any atom is -0.542 e. The van der Waals surface area contributed by atoms with Crippen molar-refractivity contribution in [3.8, 4) is 0 Å². The van der Waals surface area contributed by atoms with Gasteiger partial charge >= 0.3 is 7.12 Å². The van der Waals surface area contributed by atoms with E-state index in [0.717, 1.165) is 11.3 Å². The Morgan fingerprint density at radius 2 is 1.92 bits per heavy atom. The third-order valence-electron chi connectivity index (χ3n) is 4.13. The van der Waals surface area contributed by atoms with Crippen molar-refractivity contribution >= 4 is 36.4 Å². The summed E-state index contributed by atoms with van der Waals surface area (Å²) >= 11 is 0.979. The highest BCUT2D eigenvalue weighted by Gasteiger charge is 2.52. The number of nitrogens with one attached hydrogen (secondary N) is 1. The lowest BCUT2D eigenvalue weighted by Gasteiger charge is -2.32. The summed E-state index contributed by atoms with van der Waals surface area (Å²) < 4.78 is 12.0. The average Bonchev–Trinajstić information content (AvgIpc) is 2.97. The van der Waals surface area contributed by atoms with Crippen molar-refractivity contribution in [1.82, 2.24) is 10.3 Å². The van der Waals surface area contributed by atoms with Crippen molar-refractivity contribution in [3.63, 3.8) is 0 Å². The molecular weight excluding hydrogens is 331 g/mol. The number of nitrogens with zero attached hydrogens (tertiary/aromatic N) is 1. The standard InChI is InChI=1S/C15H21BN2O5S/c1-9(19)17-7-10(6-11-8-24-12(18-11)13(20)21)16-22-14(2,3)15(4,5)23-16/h6,8H,7H2,1-5H3,(H,17,19)(H,20,21)/p-1. The monoisotopic (exact) mass is 351 g/mol. The smallest absolute Gasteiger partial charge is 0.492 e. The zero-order valence-electron chi connectivity index (χ0n) is 14.3. The van der Waals surface area contributed by atoms with Crippen LogP contribution in [0.25, 0.3) is 6.08 Å². The van der Waals surface area contributed by atoms with Gasteiger partial charge in [0.05, 0.1) is 16.9 Å². The number of hydrogen-bond acceptors (Lipinski definition) is 7. The summed E-state index contributed by atoms with van der Waals surface area (Å²) in [7, 11) is -0.657. The van der Waals surface area contributed by atoms with Crippen LogP contribution in [-0.4, -0.2) is 41.7 Å². The van der Waals surface area contributed by atoms with Gasteiger partial charge < -0.3 is 24.5 Å². The second kappa shape index (κ2) is 6.66. The predicted molar refractivity (Wildman–Crippen MR) is 89.2 cm³/mol. The number of aromatic carboxylic acids is 1. The Hall–Kier alpha value is -1.71. The number of amides is 1. The van der Waals surface area contributed by atoms with Crippen molar-refractivity contribution in [2.24, 2.45) is 0 Å². The molecule has 2 heterocycles. The number of carbonyl (C=O) groups is 2. The minimum absolute atomic E-state index is 0.103. The number of aromatic nitrogens is 1. The average molecular weight is 351 g/mol. The summed E-state index contributed by atoms with van der Waals surface area (Å²) in [4.78, 5) is 26.1. The summed E-state index contributed by atoms with van der Waals surface area (Å²) in [6.45, 7) is 9.35. The van der Waals surface area contributed by atoms with E-state index < -0.39 is 24.3 Å². The molecule has 0 spiro atoms. The van der Waals surface area contributed by atoms with Gasteiger partial charge in [-0.3, -0.25) is 4.79 Å². The van der Waals surface area contributed by atoms with Crippen molar-refractivity contribution in [1.29, 1.82) is 0 Å². The lowest BCUT2D eigenvalue weighted by Crippen LogP contribution is -2.41. The van der Waals surface area contributed by atoms with E-state index >= 15 is 0 Å². The molecule has 0 atom stereocenters. The third kappa shape index (κ3) is 4.03. The molecule has 130 valence electrons. The summed E-state index contributed by atoms with van der Waals surface area (Å²) in [5.74, 6) is -1.51. The molecule has 0 bridgehead atoms. The van der Waals surface area contributed by atoms with E-state index in [2.05, 4.69) is 10.3 Å². The Morgan fingerprint density at radius 1 is 1.33 bits per heavy atom. The van der Waals surface area contributed by atoms with Crippen LogP contribution in [0.5, 0.6) is 0 Å². The molecule has 0 saturated carbocycles. The fourth-order valence-corrected chi connectivity index (χ4v) is 2.67. The Kier molecular flexibility index (Phi) is 5.17. The molecule has 1 aromatic heterocycles. The normalized spacial score (nSPS) is 19.4. The summed E-state index contributed by atoms with van der Waals surface area (Å²) in [6, 6.07) is 0. The molecule has 0 unspecified atom stereocenters. The largest absolute Gasteiger partial charge is 0.542 e.